The molecule has 1 aliphatic rings. The third-order valence-electron chi connectivity index (χ3n) is 4.71. The quantitative estimate of drug-likeness (QED) is 0.755. The van der Waals surface area contributed by atoms with Crippen LogP contribution < -0.4 is 5.32 Å². The van der Waals surface area contributed by atoms with E-state index in [9.17, 15) is 13.2 Å². The third kappa shape index (κ3) is 5.58. The number of aromatic nitrogens is 2. The van der Waals surface area contributed by atoms with E-state index >= 15 is 0 Å². The molecule has 1 aromatic carbocycles. The monoisotopic (exact) mass is 388 g/mol. The van der Waals surface area contributed by atoms with Crippen molar-refractivity contribution in [3.63, 3.8) is 0 Å². The van der Waals surface area contributed by atoms with E-state index in [0.29, 0.717) is 12.5 Å². The van der Waals surface area contributed by atoms with Gasteiger partial charge in [-0.15, -0.1) is 0 Å². The van der Waals surface area contributed by atoms with Gasteiger partial charge < -0.3 is 5.32 Å². The number of carbonyl (C=O) groups is 1. The number of amides is 1. The van der Waals surface area contributed by atoms with Gasteiger partial charge in [-0.25, -0.2) is 18.4 Å². The Balaban J connectivity index is 1.47. The SMILES string of the molecule is CS(=O)(=O)c1nccc(C(=O)NCC2CCN(Cc3ccccc3)CC2)n1. The van der Waals surface area contributed by atoms with Gasteiger partial charge >= 0.3 is 0 Å². The molecule has 27 heavy (non-hydrogen) atoms. The average molecular weight is 388 g/mol. The molecule has 0 spiro atoms. The van der Waals surface area contributed by atoms with E-state index in [1.165, 1.54) is 17.8 Å². The van der Waals surface area contributed by atoms with Crippen molar-refractivity contribution in [1.82, 2.24) is 20.2 Å². The standard InChI is InChI=1S/C19H24N4O3S/c1-27(25,26)19-20-10-7-17(22-19)18(24)21-13-15-8-11-23(12-9-15)14-16-5-3-2-4-6-16/h2-7,10,15H,8-9,11-14H2,1H3,(H,21,24). The Hall–Kier alpha value is -2.32. The number of hydrogen-bond donors (Lipinski definition) is 1. The largest absolute Gasteiger partial charge is 0.350 e. The Labute approximate surface area is 159 Å². The van der Waals surface area contributed by atoms with Crippen molar-refractivity contribution in [2.45, 2.75) is 24.5 Å². The van der Waals surface area contributed by atoms with Crippen LogP contribution in [0.3, 0.4) is 0 Å². The van der Waals surface area contributed by atoms with Crippen LogP contribution in [0.15, 0.2) is 47.8 Å². The zero-order valence-electron chi connectivity index (χ0n) is 15.3. The molecule has 0 radical (unpaired) electrons. The molecule has 1 aromatic heterocycles. The number of nitrogens with one attached hydrogen (secondary N) is 1. The van der Waals surface area contributed by atoms with Crippen LogP contribution in [0, 0.1) is 5.92 Å². The van der Waals surface area contributed by atoms with Crippen LogP contribution in [0.1, 0.15) is 28.9 Å². The van der Waals surface area contributed by atoms with Gasteiger partial charge in [-0.05, 0) is 43.5 Å². The van der Waals surface area contributed by atoms with Crippen molar-refractivity contribution in [3.05, 3.63) is 53.9 Å². The Morgan fingerprint density at radius 3 is 2.56 bits per heavy atom. The summed E-state index contributed by atoms with van der Waals surface area (Å²) in [6, 6.07) is 11.8. The molecule has 0 unspecified atom stereocenters. The summed E-state index contributed by atoms with van der Waals surface area (Å²) in [6.45, 7) is 3.52. The molecule has 1 amide bonds. The number of rotatable bonds is 6. The fourth-order valence-corrected chi connectivity index (χ4v) is 3.68. The maximum Gasteiger partial charge on any atom is 0.270 e. The highest BCUT2D eigenvalue weighted by Gasteiger charge is 2.21. The normalized spacial score (nSPS) is 16.2. The molecule has 3 rings (SSSR count). The first-order valence-corrected chi connectivity index (χ1v) is 10.9. The molecule has 7 nitrogen and oxygen atoms in total. The second kappa shape index (κ2) is 8.58. The fourth-order valence-electron chi connectivity index (χ4n) is 3.16. The Morgan fingerprint density at radius 1 is 1.19 bits per heavy atom. The highest BCUT2D eigenvalue weighted by Crippen LogP contribution is 2.18. The van der Waals surface area contributed by atoms with Gasteiger partial charge in [0.05, 0.1) is 0 Å². The first kappa shape index (κ1) is 19.4. The van der Waals surface area contributed by atoms with Crippen molar-refractivity contribution in [3.8, 4) is 0 Å². The molecule has 144 valence electrons. The summed E-state index contributed by atoms with van der Waals surface area (Å²) in [5.74, 6) is 0.0474. The Morgan fingerprint density at radius 2 is 1.89 bits per heavy atom. The van der Waals surface area contributed by atoms with Gasteiger partial charge in [0.25, 0.3) is 5.91 Å². The second-order valence-corrected chi connectivity index (χ2v) is 8.82. The molecule has 0 atom stereocenters. The summed E-state index contributed by atoms with van der Waals surface area (Å²) in [6.07, 6.45) is 4.35. The minimum Gasteiger partial charge on any atom is -0.350 e. The summed E-state index contributed by atoms with van der Waals surface area (Å²) >= 11 is 0. The van der Waals surface area contributed by atoms with Crippen LogP contribution in [0.25, 0.3) is 0 Å². The Kier molecular flexibility index (Phi) is 6.18. The zero-order valence-corrected chi connectivity index (χ0v) is 16.2. The lowest BCUT2D eigenvalue weighted by Crippen LogP contribution is -2.38. The van der Waals surface area contributed by atoms with E-state index in [-0.39, 0.29) is 16.8 Å². The third-order valence-corrected chi connectivity index (χ3v) is 5.57. The lowest BCUT2D eigenvalue weighted by molar-refractivity contribution is 0.0929. The van der Waals surface area contributed by atoms with E-state index in [1.807, 2.05) is 6.07 Å². The van der Waals surface area contributed by atoms with Crippen LogP contribution >= 0.6 is 0 Å². The molecule has 1 saturated heterocycles. The number of carbonyl (C=O) groups excluding carboxylic acids is 1. The number of nitrogens with zero attached hydrogens (tertiary/aromatic N) is 3. The maximum atomic E-state index is 12.3. The molecule has 2 aromatic rings. The Bertz CT molecular complexity index is 879. The minimum atomic E-state index is -3.53. The summed E-state index contributed by atoms with van der Waals surface area (Å²) in [4.78, 5) is 22.2. The van der Waals surface area contributed by atoms with E-state index in [0.717, 1.165) is 38.7 Å². The molecule has 1 aliphatic heterocycles. The maximum absolute atomic E-state index is 12.3. The van der Waals surface area contributed by atoms with E-state index in [1.54, 1.807) is 0 Å². The first-order valence-electron chi connectivity index (χ1n) is 8.99. The van der Waals surface area contributed by atoms with Crippen LogP contribution in [0.5, 0.6) is 0 Å². The summed E-state index contributed by atoms with van der Waals surface area (Å²) < 4.78 is 23.0. The fraction of sp³-hybridized carbons (Fsp3) is 0.421. The van der Waals surface area contributed by atoms with Crippen molar-refractivity contribution in [2.75, 3.05) is 25.9 Å². The van der Waals surface area contributed by atoms with Crippen molar-refractivity contribution < 1.29 is 13.2 Å². The smallest absolute Gasteiger partial charge is 0.270 e. The average Bonchev–Trinajstić information content (AvgIpc) is 2.67. The molecular formula is C19H24N4O3S. The van der Waals surface area contributed by atoms with Crippen LogP contribution in [0.4, 0.5) is 0 Å². The van der Waals surface area contributed by atoms with Crippen LogP contribution in [0.2, 0.25) is 0 Å². The van der Waals surface area contributed by atoms with Crippen molar-refractivity contribution >= 4 is 15.7 Å². The van der Waals surface area contributed by atoms with Gasteiger partial charge in [-0.1, -0.05) is 30.3 Å². The molecule has 8 heteroatoms. The molecule has 1 N–H and O–H groups in total. The number of likely N-dealkylation sites (tertiary alicyclic amines) is 1. The molecule has 1 fully saturated rings. The van der Waals surface area contributed by atoms with E-state index in [2.05, 4.69) is 44.5 Å². The highest BCUT2D eigenvalue weighted by atomic mass is 32.2. The molecule has 0 saturated carbocycles. The lowest BCUT2D eigenvalue weighted by atomic mass is 9.96. The predicted molar refractivity (Wildman–Crippen MR) is 102 cm³/mol. The first-order chi connectivity index (χ1) is 12.9. The topological polar surface area (TPSA) is 92.3 Å². The second-order valence-electron chi connectivity index (χ2n) is 6.91. The summed E-state index contributed by atoms with van der Waals surface area (Å²) in [7, 11) is -3.53. The number of hydrogen-bond acceptors (Lipinski definition) is 6. The summed E-state index contributed by atoms with van der Waals surface area (Å²) in [5, 5.41) is 2.54. The van der Waals surface area contributed by atoms with Gasteiger partial charge in [0.1, 0.15) is 5.69 Å². The highest BCUT2D eigenvalue weighted by molar-refractivity contribution is 7.90. The lowest BCUT2D eigenvalue weighted by Gasteiger charge is -2.32. The number of sulfone groups is 1. The van der Waals surface area contributed by atoms with Crippen LogP contribution in [-0.4, -0.2) is 55.1 Å². The minimum absolute atomic E-state index is 0.0759. The van der Waals surface area contributed by atoms with Gasteiger partial charge in [0.2, 0.25) is 15.0 Å². The van der Waals surface area contributed by atoms with Gasteiger partial charge in [0.15, 0.2) is 0 Å². The zero-order chi connectivity index (χ0) is 19.3. The van der Waals surface area contributed by atoms with Crippen molar-refractivity contribution in [1.29, 1.82) is 0 Å². The number of piperidine rings is 1. The molecule has 0 aliphatic carbocycles. The molecule has 0 bridgehead atoms. The van der Waals surface area contributed by atoms with E-state index < -0.39 is 9.84 Å². The van der Waals surface area contributed by atoms with Gasteiger partial charge in [0, 0.05) is 25.5 Å². The number of benzene rings is 1. The predicted octanol–water partition coefficient (Wildman–Crippen LogP) is 1.52. The van der Waals surface area contributed by atoms with E-state index in [4.69, 9.17) is 0 Å². The van der Waals surface area contributed by atoms with Gasteiger partial charge in [-0.2, -0.15) is 0 Å². The van der Waals surface area contributed by atoms with Crippen molar-refractivity contribution in [2.24, 2.45) is 5.92 Å². The summed E-state index contributed by atoms with van der Waals surface area (Å²) in [5.41, 5.74) is 1.39. The van der Waals surface area contributed by atoms with Crippen LogP contribution in [-0.2, 0) is 16.4 Å². The molecular weight excluding hydrogens is 364 g/mol. The van der Waals surface area contributed by atoms with Gasteiger partial charge in [-0.3, -0.25) is 9.69 Å². The molecule has 2 heterocycles.